The predicted octanol–water partition coefficient (Wildman–Crippen LogP) is 1.57. The molecule has 0 aliphatic carbocycles. The van der Waals surface area contributed by atoms with Crippen molar-refractivity contribution in [3.8, 4) is 0 Å². The van der Waals surface area contributed by atoms with E-state index in [-0.39, 0.29) is 5.78 Å². The number of anilines is 2. The standard InChI is InChI=1S/C12H20N4O/c1-9(2)6-13-11-5-12(15-8-14-11)16(4)7-10(3)17/h5,8-9H,6-7H2,1-4H3,(H,13,14,15). The molecule has 0 spiro atoms. The highest BCUT2D eigenvalue weighted by Gasteiger charge is 2.06. The minimum Gasteiger partial charge on any atom is -0.370 e. The van der Waals surface area contributed by atoms with Gasteiger partial charge in [0.1, 0.15) is 23.7 Å². The van der Waals surface area contributed by atoms with Crippen molar-refractivity contribution >= 4 is 17.4 Å². The lowest BCUT2D eigenvalue weighted by molar-refractivity contribution is -0.115. The summed E-state index contributed by atoms with van der Waals surface area (Å²) in [5.74, 6) is 2.21. The Morgan fingerprint density at radius 2 is 2.18 bits per heavy atom. The highest BCUT2D eigenvalue weighted by Crippen LogP contribution is 2.12. The molecule has 1 rings (SSSR count). The molecule has 0 amide bonds. The van der Waals surface area contributed by atoms with Gasteiger partial charge in [0, 0.05) is 19.7 Å². The topological polar surface area (TPSA) is 58.1 Å². The molecular weight excluding hydrogens is 216 g/mol. The van der Waals surface area contributed by atoms with Gasteiger partial charge < -0.3 is 10.2 Å². The first-order valence-corrected chi connectivity index (χ1v) is 5.75. The van der Waals surface area contributed by atoms with Crippen molar-refractivity contribution < 1.29 is 4.79 Å². The van der Waals surface area contributed by atoms with E-state index in [1.54, 1.807) is 6.92 Å². The van der Waals surface area contributed by atoms with Gasteiger partial charge in [0.25, 0.3) is 0 Å². The second-order valence-electron chi connectivity index (χ2n) is 4.59. The minimum absolute atomic E-state index is 0.114. The fourth-order valence-corrected chi connectivity index (χ4v) is 1.38. The van der Waals surface area contributed by atoms with Gasteiger partial charge in [0.15, 0.2) is 0 Å². The maximum Gasteiger partial charge on any atom is 0.149 e. The van der Waals surface area contributed by atoms with Crippen LogP contribution in [0.1, 0.15) is 20.8 Å². The Bertz CT molecular complexity index is 379. The lowest BCUT2D eigenvalue weighted by Crippen LogP contribution is -2.24. The van der Waals surface area contributed by atoms with E-state index >= 15 is 0 Å². The SMILES string of the molecule is CC(=O)CN(C)c1cc(NCC(C)C)ncn1. The lowest BCUT2D eigenvalue weighted by atomic mass is 10.2. The van der Waals surface area contributed by atoms with E-state index in [0.717, 1.165) is 18.2 Å². The van der Waals surface area contributed by atoms with Crippen LogP contribution in [0.5, 0.6) is 0 Å². The second-order valence-corrected chi connectivity index (χ2v) is 4.59. The quantitative estimate of drug-likeness (QED) is 0.812. The van der Waals surface area contributed by atoms with Gasteiger partial charge in [-0.3, -0.25) is 4.79 Å². The first kappa shape index (κ1) is 13.4. The fraction of sp³-hybridized carbons (Fsp3) is 0.583. The summed E-state index contributed by atoms with van der Waals surface area (Å²) in [5, 5.41) is 3.23. The molecule has 0 fully saturated rings. The predicted molar refractivity (Wildman–Crippen MR) is 69.3 cm³/mol. The minimum atomic E-state index is 0.114. The van der Waals surface area contributed by atoms with Crippen LogP contribution < -0.4 is 10.2 Å². The average Bonchev–Trinajstić information content (AvgIpc) is 2.26. The number of nitrogens with one attached hydrogen (secondary N) is 1. The molecule has 0 aliphatic rings. The van der Waals surface area contributed by atoms with Crippen LogP contribution in [0.2, 0.25) is 0 Å². The number of likely N-dealkylation sites (N-methyl/N-ethyl adjacent to an activating group) is 1. The molecule has 0 atom stereocenters. The molecular formula is C12H20N4O. The van der Waals surface area contributed by atoms with Crippen molar-refractivity contribution in [1.29, 1.82) is 0 Å². The van der Waals surface area contributed by atoms with E-state index in [9.17, 15) is 4.79 Å². The fourth-order valence-electron chi connectivity index (χ4n) is 1.38. The molecule has 17 heavy (non-hydrogen) atoms. The van der Waals surface area contributed by atoms with Crippen LogP contribution in [0, 0.1) is 5.92 Å². The third kappa shape index (κ3) is 4.80. The third-order valence-electron chi connectivity index (χ3n) is 2.20. The summed E-state index contributed by atoms with van der Waals surface area (Å²) in [5.41, 5.74) is 0. The van der Waals surface area contributed by atoms with Crippen molar-refractivity contribution in [3.63, 3.8) is 0 Å². The summed E-state index contributed by atoms with van der Waals surface area (Å²) >= 11 is 0. The average molecular weight is 236 g/mol. The summed E-state index contributed by atoms with van der Waals surface area (Å²) in [7, 11) is 1.84. The number of carbonyl (C=O) groups is 1. The molecule has 0 radical (unpaired) electrons. The monoisotopic (exact) mass is 236 g/mol. The van der Waals surface area contributed by atoms with Crippen molar-refractivity contribution in [2.24, 2.45) is 5.92 Å². The van der Waals surface area contributed by atoms with Gasteiger partial charge in [-0.05, 0) is 12.8 Å². The number of aromatic nitrogens is 2. The molecule has 0 aliphatic heterocycles. The van der Waals surface area contributed by atoms with E-state index in [4.69, 9.17) is 0 Å². The zero-order valence-electron chi connectivity index (χ0n) is 10.9. The van der Waals surface area contributed by atoms with Gasteiger partial charge in [-0.2, -0.15) is 0 Å². The Balaban J connectivity index is 2.67. The first-order chi connectivity index (χ1) is 7.99. The highest BCUT2D eigenvalue weighted by atomic mass is 16.1. The van der Waals surface area contributed by atoms with Crippen LogP contribution in [0.3, 0.4) is 0 Å². The van der Waals surface area contributed by atoms with Crippen molar-refractivity contribution in [2.75, 3.05) is 30.4 Å². The molecule has 1 heterocycles. The Morgan fingerprint density at radius 3 is 2.76 bits per heavy atom. The summed E-state index contributed by atoms with van der Waals surface area (Å²) in [4.78, 5) is 21.1. The van der Waals surface area contributed by atoms with Gasteiger partial charge in [-0.15, -0.1) is 0 Å². The Labute approximate surface area is 102 Å². The number of rotatable bonds is 6. The summed E-state index contributed by atoms with van der Waals surface area (Å²) in [6.45, 7) is 7.07. The molecule has 0 saturated heterocycles. The van der Waals surface area contributed by atoms with E-state index in [0.29, 0.717) is 12.5 Å². The summed E-state index contributed by atoms with van der Waals surface area (Å²) in [6, 6.07) is 1.85. The number of hydrogen-bond donors (Lipinski definition) is 1. The van der Waals surface area contributed by atoms with Crippen molar-refractivity contribution in [2.45, 2.75) is 20.8 Å². The van der Waals surface area contributed by atoms with E-state index in [1.165, 1.54) is 6.33 Å². The maximum absolute atomic E-state index is 11.0. The molecule has 0 saturated carbocycles. The summed E-state index contributed by atoms with van der Waals surface area (Å²) < 4.78 is 0. The first-order valence-electron chi connectivity index (χ1n) is 5.75. The van der Waals surface area contributed by atoms with E-state index < -0.39 is 0 Å². The van der Waals surface area contributed by atoms with Crippen LogP contribution in [0.15, 0.2) is 12.4 Å². The van der Waals surface area contributed by atoms with Crippen molar-refractivity contribution in [3.05, 3.63) is 12.4 Å². The van der Waals surface area contributed by atoms with Crippen molar-refractivity contribution in [1.82, 2.24) is 9.97 Å². The lowest BCUT2D eigenvalue weighted by Gasteiger charge is -2.17. The molecule has 5 nitrogen and oxygen atoms in total. The van der Waals surface area contributed by atoms with Gasteiger partial charge in [0.05, 0.1) is 6.54 Å². The largest absolute Gasteiger partial charge is 0.370 e. The molecule has 0 aromatic carbocycles. The maximum atomic E-state index is 11.0. The number of nitrogens with zero attached hydrogens (tertiary/aromatic N) is 3. The normalized spacial score (nSPS) is 10.4. The number of hydrogen-bond acceptors (Lipinski definition) is 5. The molecule has 1 N–H and O–H groups in total. The van der Waals surface area contributed by atoms with Crippen LogP contribution in [-0.4, -0.2) is 35.9 Å². The molecule has 5 heteroatoms. The second kappa shape index (κ2) is 6.18. The van der Waals surface area contributed by atoms with Gasteiger partial charge in [-0.25, -0.2) is 9.97 Å². The van der Waals surface area contributed by atoms with Crippen LogP contribution in [-0.2, 0) is 4.79 Å². The zero-order valence-corrected chi connectivity index (χ0v) is 10.9. The zero-order chi connectivity index (χ0) is 12.8. The van der Waals surface area contributed by atoms with Gasteiger partial charge in [0.2, 0.25) is 0 Å². The van der Waals surface area contributed by atoms with Crippen LogP contribution in [0.4, 0.5) is 11.6 Å². The molecule has 94 valence electrons. The number of Topliss-reactive ketones (excluding diaryl/α,β-unsaturated/α-hetero) is 1. The molecule has 1 aromatic heterocycles. The number of carbonyl (C=O) groups excluding carboxylic acids is 1. The Kier molecular flexibility index (Phi) is 4.87. The summed E-state index contributed by atoms with van der Waals surface area (Å²) in [6.07, 6.45) is 1.51. The highest BCUT2D eigenvalue weighted by molar-refractivity contribution is 5.80. The number of ketones is 1. The van der Waals surface area contributed by atoms with Gasteiger partial charge in [-0.1, -0.05) is 13.8 Å². The van der Waals surface area contributed by atoms with Crippen LogP contribution in [0.25, 0.3) is 0 Å². The van der Waals surface area contributed by atoms with E-state index in [2.05, 4.69) is 29.1 Å². The Morgan fingerprint density at radius 1 is 1.47 bits per heavy atom. The Hall–Kier alpha value is -1.65. The molecule has 0 unspecified atom stereocenters. The van der Waals surface area contributed by atoms with Gasteiger partial charge >= 0.3 is 0 Å². The van der Waals surface area contributed by atoms with Crippen LogP contribution >= 0.6 is 0 Å². The third-order valence-corrected chi connectivity index (χ3v) is 2.20. The molecule has 0 bridgehead atoms. The smallest absolute Gasteiger partial charge is 0.149 e. The van der Waals surface area contributed by atoms with E-state index in [1.807, 2.05) is 18.0 Å². The molecule has 1 aromatic rings.